The van der Waals surface area contributed by atoms with E-state index in [0.29, 0.717) is 19.8 Å². The molecule has 0 saturated carbocycles. The quantitative estimate of drug-likeness (QED) is 0.617. The van der Waals surface area contributed by atoms with E-state index < -0.39 is 0 Å². The highest BCUT2D eigenvalue weighted by atomic mass is 16.5. The number of hydrogen-bond acceptors (Lipinski definition) is 4. The summed E-state index contributed by atoms with van der Waals surface area (Å²) in [5, 5.41) is 2.76. The highest BCUT2D eigenvalue weighted by Gasteiger charge is 2.21. The lowest BCUT2D eigenvalue weighted by molar-refractivity contribution is -0.120. The van der Waals surface area contributed by atoms with Gasteiger partial charge in [-0.3, -0.25) is 4.79 Å². The minimum absolute atomic E-state index is 0.0269. The van der Waals surface area contributed by atoms with Crippen LogP contribution in [0.3, 0.4) is 0 Å². The van der Waals surface area contributed by atoms with Crippen molar-refractivity contribution in [2.24, 2.45) is 0 Å². The number of ether oxygens (including phenoxy) is 3. The van der Waals surface area contributed by atoms with Crippen molar-refractivity contribution in [3.8, 4) is 0 Å². The van der Waals surface area contributed by atoms with Crippen LogP contribution in [-0.4, -0.2) is 50.6 Å². The van der Waals surface area contributed by atoms with E-state index in [9.17, 15) is 4.79 Å². The number of rotatable bonds is 10. The lowest BCUT2D eigenvalue weighted by atomic mass is 10.0. The van der Waals surface area contributed by atoms with Crippen molar-refractivity contribution in [3.05, 3.63) is 0 Å². The van der Waals surface area contributed by atoms with E-state index >= 15 is 0 Å². The topological polar surface area (TPSA) is 56.8 Å². The van der Waals surface area contributed by atoms with Crippen LogP contribution in [0.5, 0.6) is 0 Å². The van der Waals surface area contributed by atoms with E-state index in [1.54, 1.807) is 7.11 Å². The summed E-state index contributed by atoms with van der Waals surface area (Å²) in [6.07, 6.45) is 1.02. The predicted octanol–water partition coefficient (Wildman–Crippen LogP) is 1.75. The van der Waals surface area contributed by atoms with Gasteiger partial charge in [-0.15, -0.1) is 0 Å². The predicted molar refractivity (Wildman–Crippen MR) is 75.2 cm³/mol. The van der Waals surface area contributed by atoms with Crippen LogP contribution in [-0.2, 0) is 19.0 Å². The van der Waals surface area contributed by atoms with E-state index in [1.165, 1.54) is 6.92 Å². The molecule has 0 aromatic rings. The van der Waals surface area contributed by atoms with Crippen LogP contribution in [0.4, 0.5) is 0 Å². The number of amides is 1. The molecule has 0 bridgehead atoms. The van der Waals surface area contributed by atoms with E-state index in [1.807, 2.05) is 27.7 Å². The molecule has 0 fully saturated rings. The Morgan fingerprint density at radius 2 is 1.89 bits per heavy atom. The third-order valence-corrected chi connectivity index (χ3v) is 2.72. The summed E-state index contributed by atoms with van der Waals surface area (Å²) >= 11 is 0. The first-order chi connectivity index (χ1) is 8.76. The Balaban J connectivity index is 3.65. The molecule has 114 valence electrons. The highest BCUT2D eigenvalue weighted by molar-refractivity contribution is 5.73. The summed E-state index contributed by atoms with van der Waals surface area (Å²) in [4.78, 5) is 10.8. The minimum atomic E-state index is -0.220. The molecular weight excluding hydrogens is 246 g/mol. The monoisotopic (exact) mass is 275 g/mol. The maximum atomic E-state index is 10.8. The molecule has 0 aromatic heterocycles. The van der Waals surface area contributed by atoms with Crippen LogP contribution in [0.25, 0.3) is 0 Å². The van der Waals surface area contributed by atoms with Crippen LogP contribution < -0.4 is 5.32 Å². The SMILES string of the molecule is COC(C)CC(C)(C)OCCOCC(C)NC(C)=O. The maximum Gasteiger partial charge on any atom is 0.217 e. The smallest absolute Gasteiger partial charge is 0.217 e. The molecule has 0 heterocycles. The van der Waals surface area contributed by atoms with Gasteiger partial charge in [0.15, 0.2) is 0 Å². The Labute approximate surface area is 117 Å². The third-order valence-electron chi connectivity index (χ3n) is 2.72. The Morgan fingerprint density at radius 1 is 1.26 bits per heavy atom. The number of hydrogen-bond donors (Lipinski definition) is 1. The molecule has 0 radical (unpaired) electrons. The van der Waals surface area contributed by atoms with Gasteiger partial charge in [0.05, 0.1) is 31.5 Å². The summed E-state index contributed by atoms with van der Waals surface area (Å²) < 4.78 is 16.5. The highest BCUT2D eigenvalue weighted by Crippen LogP contribution is 2.17. The molecule has 1 amide bonds. The summed E-state index contributed by atoms with van der Waals surface area (Å²) in [5.74, 6) is -0.0398. The van der Waals surface area contributed by atoms with Gasteiger partial charge in [-0.2, -0.15) is 0 Å². The molecule has 5 nitrogen and oxygen atoms in total. The Morgan fingerprint density at radius 3 is 2.42 bits per heavy atom. The largest absolute Gasteiger partial charge is 0.382 e. The molecule has 2 unspecified atom stereocenters. The minimum Gasteiger partial charge on any atom is -0.382 e. The van der Waals surface area contributed by atoms with Crippen molar-refractivity contribution in [1.82, 2.24) is 5.32 Å². The van der Waals surface area contributed by atoms with Gasteiger partial charge in [-0.1, -0.05) is 0 Å². The number of nitrogens with one attached hydrogen (secondary N) is 1. The van der Waals surface area contributed by atoms with Crippen LogP contribution in [0.15, 0.2) is 0 Å². The van der Waals surface area contributed by atoms with Gasteiger partial charge in [-0.25, -0.2) is 0 Å². The molecule has 0 spiro atoms. The van der Waals surface area contributed by atoms with Gasteiger partial charge in [0.25, 0.3) is 0 Å². The zero-order valence-electron chi connectivity index (χ0n) is 13.1. The normalized spacial score (nSPS) is 15.1. The molecule has 0 aliphatic carbocycles. The van der Waals surface area contributed by atoms with E-state index in [-0.39, 0.29) is 23.7 Å². The van der Waals surface area contributed by atoms with Gasteiger partial charge in [0.1, 0.15) is 0 Å². The number of carbonyl (C=O) groups excluding carboxylic acids is 1. The van der Waals surface area contributed by atoms with Crippen molar-refractivity contribution in [1.29, 1.82) is 0 Å². The Bertz CT molecular complexity index is 256. The fraction of sp³-hybridized carbons (Fsp3) is 0.929. The second kappa shape index (κ2) is 9.28. The summed E-state index contributed by atoms with van der Waals surface area (Å²) in [5.41, 5.74) is -0.220. The fourth-order valence-electron chi connectivity index (χ4n) is 1.86. The standard InChI is InChI=1S/C14H29NO4/c1-11(15-13(3)16)10-18-7-8-19-14(4,5)9-12(2)17-6/h11-12H,7-10H2,1-6H3,(H,15,16). The second-order valence-electron chi connectivity index (χ2n) is 5.54. The molecule has 5 heteroatoms. The Hall–Kier alpha value is -0.650. The average molecular weight is 275 g/mol. The van der Waals surface area contributed by atoms with Crippen LogP contribution >= 0.6 is 0 Å². The first-order valence-electron chi connectivity index (χ1n) is 6.78. The third kappa shape index (κ3) is 10.9. The van der Waals surface area contributed by atoms with Crippen molar-refractivity contribution >= 4 is 5.91 Å². The van der Waals surface area contributed by atoms with Crippen molar-refractivity contribution < 1.29 is 19.0 Å². The molecule has 19 heavy (non-hydrogen) atoms. The Kier molecular flexibility index (Phi) is 8.97. The first kappa shape index (κ1) is 18.4. The summed E-state index contributed by atoms with van der Waals surface area (Å²) in [7, 11) is 1.70. The molecule has 0 saturated heterocycles. The summed E-state index contributed by atoms with van der Waals surface area (Å²) in [6, 6.07) is 0.0269. The van der Waals surface area contributed by atoms with Crippen molar-refractivity contribution in [2.45, 2.75) is 58.8 Å². The molecule has 1 N–H and O–H groups in total. The molecule has 0 aromatic carbocycles. The summed E-state index contributed by atoms with van der Waals surface area (Å²) in [6.45, 7) is 11.1. The van der Waals surface area contributed by atoms with Crippen LogP contribution in [0.2, 0.25) is 0 Å². The van der Waals surface area contributed by atoms with Crippen LogP contribution in [0, 0.1) is 0 Å². The molecular formula is C14H29NO4. The van der Waals surface area contributed by atoms with Gasteiger partial charge < -0.3 is 19.5 Å². The molecule has 0 aliphatic rings. The first-order valence-corrected chi connectivity index (χ1v) is 6.78. The van der Waals surface area contributed by atoms with E-state index in [4.69, 9.17) is 14.2 Å². The second-order valence-corrected chi connectivity index (χ2v) is 5.54. The van der Waals surface area contributed by atoms with Gasteiger partial charge in [0.2, 0.25) is 5.91 Å². The zero-order valence-corrected chi connectivity index (χ0v) is 13.1. The van der Waals surface area contributed by atoms with Gasteiger partial charge >= 0.3 is 0 Å². The van der Waals surface area contributed by atoms with Gasteiger partial charge in [-0.05, 0) is 27.7 Å². The number of methoxy groups -OCH3 is 1. The van der Waals surface area contributed by atoms with E-state index in [0.717, 1.165) is 6.42 Å². The lowest BCUT2D eigenvalue weighted by Gasteiger charge is -2.28. The lowest BCUT2D eigenvalue weighted by Crippen LogP contribution is -2.35. The fourth-order valence-corrected chi connectivity index (χ4v) is 1.86. The maximum absolute atomic E-state index is 10.8. The van der Waals surface area contributed by atoms with Crippen LogP contribution in [0.1, 0.15) is 41.0 Å². The molecule has 0 aliphatic heterocycles. The average Bonchev–Trinajstić information content (AvgIpc) is 2.26. The van der Waals surface area contributed by atoms with Gasteiger partial charge in [0, 0.05) is 26.5 Å². The van der Waals surface area contributed by atoms with Crippen molar-refractivity contribution in [2.75, 3.05) is 26.9 Å². The zero-order chi connectivity index (χ0) is 14.9. The molecule has 0 rings (SSSR count). The van der Waals surface area contributed by atoms with E-state index in [2.05, 4.69) is 5.32 Å². The molecule has 2 atom stereocenters. The van der Waals surface area contributed by atoms with Crippen molar-refractivity contribution in [3.63, 3.8) is 0 Å². The number of carbonyl (C=O) groups is 1.